The molecule has 9 nitrogen and oxygen atoms in total. The molecule has 0 bridgehead atoms. The van der Waals surface area contributed by atoms with Gasteiger partial charge < -0.3 is 20.1 Å². The van der Waals surface area contributed by atoms with Gasteiger partial charge in [0, 0.05) is 24.3 Å². The summed E-state index contributed by atoms with van der Waals surface area (Å²) in [5.74, 6) is -0.355. The van der Waals surface area contributed by atoms with Crippen molar-refractivity contribution >= 4 is 27.5 Å². The summed E-state index contributed by atoms with van der Waals surface area (Å²) in [7, 11) is -3.84. The lowest BCUT2D eigenvalue weighted by Gasteiger charge is -2.29. The lowest BCUT2D eigenvalue weighted by atomic mass is 10.2. The van der Waals surface area contributed by atoms with Crippen molar-refractivity contribution in [2.45, 2.75) is 17.9 Å². The maximum atomic E-state index is 12.6. The molecular weight excluding hydrogens is 410 g/mol. The molecule has 30 heavy (non-hydrogen) atoms. The smallest absolute Gasteiger partial charge is 0.263 e. The highest BCUT2D eigenvalue weighted by Gasteiger charge is 2.24. The van der Waals surface area contributed by atoms with Gasteiger partial charge in [-0.2, -0.15) is 0 Å². The van der Waals surface area contributed by atoms with Crippen molar-refractivity contribution in [2.75, 3.05) is 31.0 Å². The summed E-state index contributed by atoms with van der Waals surface area (Å²) >= 11 is 0. The first-order valence-electron chi connectivity index (χ1n) is 9.32. The predicted octanol–water partition coefficient (Wildman–Crippen LogP) is 1.21. The normalized spacial score (nSPS) is 15.3. The molecule has 2 aromatic carbocycles. The Morgan fingerprint density at radius 1 is 1.07 bits per heavy atom. The average Bonchev–Trinajstić information content (AvgIpc) is 2.74. The number of hydrogen-bond acceptors (Lipinski definition) is 6. The monoisotopic (exact) mass is 433 g/mol. The maximum absolute atomic E-state index is 12.6. The molecule has 10 heteroatoms. The van der Waals surface area contributed by atoms with Gasteiger partial charge in [0.1, 0.15) is 5.75 Å². The summed E-state index contributed by atoms with van der Waals surface area (Å²) in [5.41, 5.74) is 5.75. The number of nitrogens with two attached hydrogens (primary N) is 1. The van der Waals surface area contributed by atoms with Gasteiger partial charge in [-0.25, -0.2) is 8.42 Å². The van der Waals surface area contributed by atoms with Gasteiger partial charge in [-0.15, -0.1) is 0 Å². The van der Waals surface area contributed by atoms with Gasteiger partial charge in [0.15, 0.2) is 6.10 Å². The first kappa shape index (κ1) is 21.6. The Morgan fingerprint density at radius 2 is 1.67 bits per heavy atom. The summed E-state index contributed by atoms with van der Waals surface area (Å²) in [4.78, 5) is 25.2. The van der Waals surface area contributed by atoms with Gasteiger partial charge in [-0.05, 0) is 55.5 Å². The van der Waals surface area contributed by atoms with Gasteiger partial charge in [-0.3, -0.25) is 14.3 Å². The van der Waals surface area contributed by atoms with Crippen LogP contribution in [0.1, 0.15) is 17.3 Å². The summed E-state index contributed by atoms with van der Waals surface area (Å²) in [6.07, 6.45) is -0.701. The van der Waals surface area contributed by atoms with Crippen LogP contribution >= 0.6 is 0 Å². The predicted molar refractivity (Wildman–Crippen MR) is 110 cm³/mol. The topological polar surface area (TPSA) is 128 Å². The fourth-order valence-corrected chi connectivity index (χ4v) is 3.97. The molecule has 3 rings (SSSR count). The third kappa shape index (κ3) is 5.28. The molecule has 160 valence electrons. The van der Waals surface area contributed by atoms with Crippen LogP contribution in [0.25, 0.3) is 0 Å². The van der Waals surface area contributed by atoms with E-state index < -0.39 is 22.0 Å². The largest absolute Gasteiger partial charge is 0.481 e. The molecule has 1 heterocycles. The van der Waals surface area contributed by atoms with E-state index >= 15 is 0 Å². The van der Waals surface area contributed by atoms with Crippen LogP contribution in [-0.2, 0) is 19.6 Å². The highest BCUT2D eigenvalue weighted by molar-refractivity contribution is 7.92. The molecule has 0 radical (unpaired) electrons. The number of ether oxygens (including phenoxy) is 2. The fraction of sp³-hybridized carbons (Fsp3) is 0.300. The Kier molecular flexibility index (Phi) is 6.58. The van der Waals surface area contributed by atoms with Gasteiger partial charge >= 0.3 is 0 Å². The molecule has 0 aliphatic carbocycles. The molecule has 2 amide bonds. The zero-order valence-electron chi connectivity index (χ0n) is 16.4. The third-order valence-electron chi connectivity index (χ3n) is 4.54. The number of nitrogens with one attached hydrogen (secondary N) is 1. The SMILES string of the molecule is C[C@H](Oc1ccc(S(=O)(=O)Nc2ccc(C(N)=O)cc2)cc1)C(=O)N1CCOCC1. The second-order valence-corrected chi connectivity index (χ2v) is 8.40. The summed E-state index contributed by atoms with van der Waals surface area (Å²) in [6.45, 7) is 3.71. The van der Waals surface area contributed by atoms with Crippen LogP contribution in [0.15, 0.2) is 53.4 Å². The number of anilines is 1. The van der Waals surface area contributed by atoms with E-state index in [9.17, 15) is 18.0 Å². The zero-order valence-corrected chi connectivity index (χ0v) is 17.2. The van der Waals surface area contributed by atoms with Gasteiger partial charge in [-0.1, -0.05) is 0 Å². The molecule has 0 aromatic heterocycles. The number of hydrogen-bond donors (Lipinski definition) is 2. The molecule has 1 aliphatic rings. The average molecular weight is 433 g/mol. The Balaban J connectivity index is 1.63. The van der Waals surface area contributed by atoms with Crippen molar-refractivity contribution in [3.05, 3.63) is 54.1 Å². The summed E-state index contributed by atoms with van der Waals surface area (Å²) in [5, 5.41) is 0. The number of benzene rings is 2. The highest BCUT2D eigenvalue weighted by Crippen LogP contribution is 2.21. The summed E-state index contributed by atoms with van der Waals surface area (Å²) in [6, 6.07) is 11.5. The number of sulfonamides is 1. The fourth-order valence-electron chi connectivity index (χ4n) is 2.91. The molecule has 1 saturated heterocycles. The molecule has 1 atom stereocenters. The van der Waals surface area contributed by atoms with Crippen LogP contribution in [0, 0.1) is 0 Å². The zero-order chi connectivity index (χ0) is 21.7. The lowest BCUT2D eigenvalue weighted by Crippen LogP contribution is -2.46. The molecular formula is C20H23N3O6S. The van der Waals surface area contributed by atoms with E-state index in [1.807, 2.05) is 0 Å². The minimum absolute atomic E-state index is 0.0287. The number of carbonyl (C=O) groups excluding carboxylic acids is 2. The van der Waals surface area contributed by atoms with Gasteiger partial charge in [0.2, 0.25) is 5.91 Å². The van der Waals surface area contributed by atoms with Crippen molar-refractivity contribution in [1.82, 2.24) is 4.90 Å². The molecule has 0 spiro atoms. The van der Waals surface area contributed by atoms with Crippen LogP contribution in [-0.4, -0.2) is 57.5 Å². The highest BCUT2D eigenvalue weighted by atomic mass is 32.2. The quantitative estimate of drug-likeness (QED) is 0.676. The second kappa shape index (κ2) is 9.14. The molecule has 0 saturated carbocycles. The minimum Gasteiger partial charge on any atom is -0.481 e. The Bertz CT molecular complexity index is 1000. The number of carbonyl (C=O) groups is 2. The number of nitrogens with zero attached hydrogens (tertiary/aromatic N) is 1. The van der Waals surface area contributed by atoms with Crippen molar-refractivity contribution in [3.63, 3.8) is 0 Å². The minimum atomic E-state index is -3.84. The van der Waals surface area contributed by atoms with E-state index in [-0.39, 0.29) is 16.4 Å². The number of rotatable bonds is 7. The Labute approximate surface area is 174 Å². The van der Waals surface area contributed by atoms with Gasteiger partial charge in [0.05, 0.1) is 18.1 Å². The molecule has 0 unspecified atom stereocenters. The number of morpholine rings is 1. The van der Waals surface area contributed by atoms with Crippen LogP contribution < -0.4 is 15.2 Å². The van der Waals surface area contributed by atoms with Crippen LogP contribution in [0.3, 0.4) is 0 Å². The van der Waals surface area contributed by atoms with E-state index in [1.54, 1.807) is 11.8 Å². The van der Waals surface area contributed by atoms with E-state index in [1.165, 1.54) is 48.5 Å². The molecule has 2 aromatic rings. The van der Waals surface area contributed by atoms with Crippen molar-refractivity contribution in [2.24, 2.45) is 5.73 Å². The number of amides is 2. The van der Waals surface area contributed by atoms with E-state index in [0.29, 0.717) is 37.7 Å². The van der Waals surface area contributed by atoms with Crippen LogP contribution in [0.4, 0.5) is 5.69 Å². The maximum Gasteiger partial charge on any atom is 0.263 e. The van der Waals surface area contributed by atoms with E-state index in [4.69, 9.17) is 15.2 Å². The van der Waals surface area contributed by atoms with Crippen molar-refractivity contribution in [1.29, 1.82) is 0 Å². The second-order valence-electron chi connectivity index (χ2n) is 6.72. The number of primary amides is 1. The van der Waals surface area contributed by atoms with Crippen LogP contribution in [0.2, 0.25) is 0 Å². The molecule has 1 fully saturated rings. The molecule has 3 N–H and O–H groups in total. The standard InChI is InChI=1S/C20H23N3O6S/c1-14(20(25)23-10-12-28-13-11-23)29-17-6-8-18(9-7-17)30(26,27)22-16-4-2-15(3-5-16)19(21)24/h2-9,14,22H,10-13H2,1H3,(H2,21,24)/t14-/m0/s1. The van der Waals surface area contributed by atoms with E-state index in [0.717, 1.165) is 0 Å². The lowest BCUT2D eigenvalue weighted by molar-refractivity contribution is -0.142. The Hall–Kier alpha value is -3.11. The third-order valence-corrected chi connectivity index (χ3v) is 5.94. The summed E-state index contributed by atoms with van der Waals surface area (Å²) < 4.78 is 38.4. The Morgan fingerprint density at radius 3 is 2.23 bits per heavy atom. The first-order valence-corrected chi connectivity index (χ1v) is 10.8. The van der Waals surface area contributed by atoms with E-state index in [2.05, 4.69) is 4.72 Å². The molecule has 1 aliphatic heterocycles. The van der Waals surface area contributed by atoms with Crippen molar-refractivity contribution in [3.8, 4) is 5.75 Å². The first-order chi connectivity index (χ1) is 14.3. The van der Waals surface area contributed by atoms with Crippen molar-refractivity contribution < 1.29 is 27.5 Å². The van der Waals surface area contributed by atoms with Gasteiger partial charge in [0.25, 0.3) is 15.9 Å². The van der Waals surface area contributed by atoms with Crippen LogP contribution in [0.5, 0.6) is 5.75 Å².